The fraction of sp³-hybridized carbons (Fsp3) is 0.333. The van der Waals surface area contributed by atoms with Gasteiger partial charge in [0.15, 0.2) is 11.5 Å². The molecule has 0 aliphatic rings. The van der Waals surface area contributed by atoms with E-state index in [0.717, 1.165) is 28.5 Å². The Morgan fingerprint density at radius 1 is 1.14 bits per heavy atom. The van der Waals surface area contributed by atoms with E-state index in [1.54, 1.807) is 7.11 Å². The molecule has 0 aromatic heterocycles. The number of hydrogen-bond acceptors (Lipinski definition) is 3. The Labute approximate surface area is 137 Å². The molecule has 0 saturated heterocycles. The van der Waals surface area contributed by atoms with Crippen molar-refractivity contribution < 1.29 is 9.47 Å². The molecule has 0 radical (unpaired) electrons. The van der Waals surface area contributed by atoms with E-state index >= 15 is 0 Å². The number of methoxy groups -OCH3 is 1. The van der Waals surface area contributed by atoms with E-state index < -0.39 is 0 Å². The Kier molecular flexibility index (Phi) is 6.10. The third-order valence-electron chi connectivity index (χ3n) is 3.66. The highest BCUT2D eigenvalue weighted by atomic mass is 35.5. The van der Waals surface area contributed by atoms with Gasteiger partial charge in [0.2, 0.25) is 0 Å². The monoisotopic (exact) mass is 319 g/mol. The van der Waals surface area contributed by atoms with Crippen LogP contribution in [-0.4, -0.2) is 20.3 Å². The van der Waals surface area contributed by atoms with Gasteiger partial charge in [0, 0.05) is 10.9 Å². The lowest BCUT2D eigenvalue weighted by Crippen LogP contribution is -2.15. The molecule has 3 nitrogen and oxygen atoms in total. The minimum atomic E-state index is 0.211. The average molecular weight is 320 g/mol. The van der Waals surface area contributed by atoms with E-state index in [2.05, 4.69) is 6.07 Å². The molecule has 4 heteroatoms. The van der Waals surface area contributed by atoms with Crippen LogP contribution in [0.15, 0.2) is 42.5 Å². The summed E-state index contributed by atoms with van der Waals surface area (Å²) in [4.78, 5) is 0. The van der Waals surface area contributed by atoms with Gasteiger partial charge in [0.05, 0.1) is 13.7 Å². The minimum Gasteiger partial charge on any atom is -0.493 e. The summed E-state index contributed by atoms with van der Waals surface area (Å²) in [5.74, 6) is 1.77. The second-order valence-electron chi connectivity index (χ2n) is 5.07. The second-order valence-corrected chi connectivity index (χ2v) is 5.51. The smallest absolute Gasteiger partial charge is 0.163 e. The maximum Gasteiger partial charge on any atom is 0.163 e. The second kappa shape index (κ2) is 8.06. The van der Waals surface area contributed by atoms with Gasteiger partial charge in [-0.25, -0.2) is 0 Å². The molecule has 0 amide bonds. The van der Waals surface area contributed by atoms with E-state index in [1.807, 2.05) is 43.3 Å². The number of nitrogens with two attached hydrogens (primary N) is 1. The lowest BCUT2D eigenvalue weighted by atomic mass is 9.91. The van der Waals surface area contributed by atoms with Gasteiger partial charge < -0.3 is 15.2 Å². The molecule has 0 aliphatic heterocycles. The van der Waals surface area contributed by atoms with Crippen molar-refractivity contribution in [3.63, 3.8) is 0 Å². The maximum absolute atomic E-state index is 5.97. The SMILES string of the molecule is CCOc1cccc(CC(CN)c2ccc(Cl)cc2)c1OC. The highest BCUT2D eigenvalue weighted by Gasteiger charge is 2.16. The summed E-state index contributed by atoms with van der Waals surface area (Å²) in [5.41, 5.74) is 8.25. The fourth-order valence-electron chi connectivity index (χ4n) is 2.56. The van der Waals surface area contributed by atoms with Gasteiger partial charge in [0.25, 0.3) is 0 Å². The molecule has 2 rings (SSSR count). The highest BCUT2D eigenvalue weighted by molar-refractivity contribution is 6.30. The Bertz CT molecular complexity index is 599. The van der Waals surface area contributed by atoms with Crippen molar-refractivity contribution in [2.45, 2.75) is 19.3 Å². The number of halogens is 1. The summed E-state index contributed by atoms with van der Waals surface area (Å²) in [6, 6.07) is 13.8. The zero-order valence-corrected chi connectivity index (χ0v) is 13.8. The van der Waals surface area contributed by atoms with Gasteiger partial charge in [-0.15, -0.1) is 0 Å². The van der Waals surface area contributed by atoms with Gasteiger partial charge in [0.1, 0.15) is 0 Å². The first kappa shape index (κ1) is 16.7. The molecular weight excluding hydrogens is 298 g/mol. The molecule has 118 valence electrons. The number of ether oxygens (including phenoxy) is 2. The molecule has 1 unspecified atom stereocenters. The lowest BCUT2D eigenvalue weighted by Gasteiger charge is -2.19. The van der Waals surface area contributed by atoms with E-state index in [9.17, 15) is 0 Å². The number of hydrogen-bond donors (Lipinski definition) is 1. The first-order valence-corrected chi connectivity index (χ1v) is 7.81. The predicted octanol–water partition coefficient (Wildman–Crippen LogP) is 4.03. The van der Waals surface area contributed by atoms with Crippen molar-refractivity contribution in [2.24, 2.45) is 5.73 Å². The number of benzene rings is 2. The Morgan fingerprint density at radius 2 is 1.86 bits per heavy atom. The van der Waals surface area contributed by atoms with Crippen LogP contribution in [0.4, 0.5) is 0 Å². The Morgan fingerprint density at radius 3 is 2.45 bits per heavy atom. The zero-order chi connectivity index (χ0) is 15.9. The lowest BCUT2D eigenvalue weighted by molar-refractivity contribution is 0.309. The predicted molar refractivity (Wildman–Crippen MR) is 91.1 cm³/mol. The normalized spacial score (nSPS) is 12.0. The van der Waals surface area contributed by atoms with E-state index in [-0.39, 0.29) is 5.92 Å². The molecule has 0 aliphatic carbocycles. The molecule has 0 saturated carbocycles. The van der Waals surface area contributed by atoms with Crippen molar-refractivity contribution >= 4 is 11.6 Å². The van der Waals surface area contributed by atoms with Crippen LogP contribution < -0.4 is 15.2 Å². The fourth-order valence-corrected chi connectivity index (χ4v) is 2.69. The molecular formula is C18H22ClNO2. The standard InChI is InChI=1S/C18H22ClNO2/c1-3-22-17-6-4-5-14(18(17)21-2)11-15(12-20)13-7-9-16(19)10-8-13/h4-10,15H,3,11-12,20H2,1-2H3. The quantitative estimate of drug-likeness (QED) is 0.838. The van der Waals surface area contributed by atoms with Gasteiger partial charge in [-0.2, -0.15) is 0 Å². The van der Waals surface area contributed by atoms with Gasteiger partial charge >= 0.3 is 0 Å². The van der Waals surface area contributed by atoms with E-state index in [4.69, 9.17) is 26.8 Å². The van der Waals surface area contributed by atoms with Crippen LogP contribution >= 0.6 is 11.6 Å². The van der Waals surface area contributed by atoms with Crippen molar-refractivity contribution in [3.8, 4) is 11.5 Å². The molecule has 0 bridgehead atoms. The Balaban J connectivity index is 2.27. The summed E-state index contributed by atoms with van der Waals surface area (Å²) >= 11 is 5.96. The van der Waals surface area contributed by atoms with E-state index in [0.29, 0.717) is 13.2 Å². The van der Waals surface area contributed by atoms with E-state index in [1.165, 1.54) is 5.56 Å². The van der Waals surface area contributed by atoms with Crippen LogP contribution in [0.5, 0.6) is 11.5 Å². The van der Waals surface area contributed by atoms with Crippen LogP contribution in [0, 0.1) is 0 Å². The van der Waals surface area contributed by atoms with Crippen molar-refractivity contribution in [1.82, 2.24) is 0 Å². The summed E-state index contributed by atoms with van der Waals surface area (Å²) in [6.07, 6.45) is 0.794. The summed E-state index contributed by atoms with van der Waals surface area (Å²) in [6.45, 7) is 3.13. The molecule has 0 fully saturated rings. The average Bonchev–Trinajstić information content (AvgIpc) is 2.54. The summed E-state index contributed by atoms with van der Waals surface area (Å²) in [5, 5.41) is 0.732. The third kappa shape index (κ3) is 3.93. The van der Waals surface area contributed by atoms with Gasteiger partial charge in [-0.1, -0.05) is 35.9 Å². The molecule has 0 heterocycles. The number of rotatable bonds is 7. The van der Waals surface area contributed by atoms with Crippen LogP contribution in [0.3, 0.4) is 0 Å². The number of para-hydroxylation sites is 1. The molecule has 2 N–H and O–H groups in total. The van der Waals surface area contributed by atoms with Crippen LogP contribution in [0.1, 0.15) is 24.0 Å². The summed E-state index contributed by atoms with van der Waals surface area (Å²) in [7, 11) is 1.67. The van der Waals surface area contributed by atoms with Crippen LogP contribution in [0.2, 0.25) is 5.02 Å². The first-order chi connectivity index (χ1) is 10.7. The van der Waals surface area contributed by atoms with Crippen molar-refractivity contribution in [2.75, 3.05) is 20.3 Å². The molecule has 22 heavy (non-hydrogen) atoms. The molecule has 2 aromatic carbocycles. The van der Waals surface area contributed by atoms with Crippen LogP contribution in [-0.2, 0) is 6.42 Å². The van der Waals surface area contributed by atoms with Crippen molar-refractivity contribution in [3.05, 3.63) is 58.6 Å². The molecule has 2 aromatic rings. The van der Waals surface area contributed by atoms with Gasteiger partial charge in [-0.3, -0.25) is 0 Å². The third-order valence-corrected chi connectivity index (χ3v) is 3.91. The maximum atomic E-state index is 5.97. The van der Waals surface area contributed by atoms with Crippen molar-refractivity contribution in [1.29, 1.82) is 0 Å². The minimum absolute atomic E-state index is 0.211. The largest absolute Gasteiger partial charge is 0.493 e. The first-order valence-electron chi connectivity index (χ1n) is 7.43. The highest BCUT2D eigenvalue weighted by Crippen LogP contribution is 2.34. The summed E-state index contributed by atoms with van der Waals surface area (Å²) < 4.78 is 11.2. The zero-order valence-electron chi connectivity index (χ0n) is 13.0. The Hall–Kier alpha value is -1.71. The van der Waals surface area contributed by atoms with Crippen LogP contribution in [0.25, 0.3) is 0 Å². The van der Waals surface area contributed by atoms with Gasteiger partial charge in [-0.05, 0) is 49.2 Å². The molecule has 1 atom stereocenters. The topological polar surface area (TPSA) is 44.5 Å². The molecule has 0 spiro atoms.